The van der Waals surface area contributed by atoms with Crippen molar-refractivity contribution in [2.45, 2.75) is 53.1 Å². The first kappa shape index (κ1) is 15.3. The number of hydrogen-bond acceptors (Lipinski definition) is 3. The zero-order valence-corrected chi connectivity index (χ0v) is 13.9. The van der Waals surface area contributed by atoms with Crippen LogP contribution in [0.5, 0.6) is 0 Å². The Labute approximate surface area is 125 Å². The first-order valence-electron chi connectivity index (χ1n) is 7.08. The predicted octanol–water partition coefficient (Wildman–Crippen LogP) is 4.44. The van der Waals surface area contributed by atoms with Crippen molar-refractivity contribution in [1.82, 2.24) is 15.5 Å². The molecule has 0 amide bonds. The Morgan fingerprint density at radius 1 is 1.25 bits per heavy atom. The molecule has 4 heteroatoms. The van der Waals surface area contributed by atoms with Crippen molar-refractivity contribution in [2.75, 3.05) is 0 Å². The molecule has 0 aliphatic carbocycles. The molecule has 0 bridgehead atoms. The van der Waals surface area contributed by atoms with Crippen LogP contribution in [0.2, 0.25) is 0 Å². The Hall–Kier alpha value is -1.13. The predicted molar refractivity (Wildman–Crippen MR) is 86.9 cm³/mol. The molecule has 3 nitrogen and oxygen atoms in total. The lowest BCUT2D eigenvalue weighted by Gasteiger charge is -2.33. The quantitative estimate of drug-likeness (QED) is 0.855. The van der Waals surface area contributed by atoms with Gasteiger partial charge in [0, 0.05) is 17.6 Å². The minimum atomic E-state index is 0.113. The summed E-state index contributed by atoms with van der Waals surface area (Å²) in [5, 5.41) is 13.1. The van der Waals surface area contributed by atoms with Crippen LogP contribution < -0.4 is 5.32 Å². The van der Waals surface area contributed by atoms with Gasteiger partial charge in [-0.15, -0.1) is 11.3 Å². The zero-order chi connectivity index (χ0) is 14.8. The molecule has 2 aromatic rings. The molecule has 0 saturated carbocycles. The Morgan fingerprint density at radius 2 is 2.00 bits per heavy atom. The highest BCUT2D eigenvalue weighted by atomic mass is 32.1. The molecule has 0 radical (unpaired) electrons. The van der Waals surface area contributed by atoms with Crippen molar-refractivity contribution in [2.24, 2.45) is 5.41 Å². The molecule has 0 fully saturated rings. The van der Waals surface area contributed by atoms with E-state index in [0.29, 0.717) is 5.41 Å². The molecule has 0 spiro atoms. The molecule has 0 aliphatic heterocycles. The maximum Gasteiger partial charge on any atom is 0.0794 e. The van der Waals surface area contributed by atoms with Crippen LogP contribution in [0.3, 0.4) is 0 Å². The van der Waals surface area contributed by atoms with E-state index in [9.17, 15) is 0 Å². The third-order valence-corrected chi connectivity index (χ3v) is 4.10. The third kappa shape index (κ3) is 4.18. The number of H-pyrrole nitrogens is 1. The van der Waals surface area contributed by atoms with Crippen LogP contribution in [0.1, 0.15) is 46.6 Å². The fourth-order valence-corrected chi connectivity index (χ4v) is 3.56. The number of nitrogens with zero attached hydrogens (tertiary/aromatic N) is 1. The van der Waals surface area contributed by atoms with Gasteiger partial charge in [0.25, 0.3) is 0 Å². The minimum Gasteiger partial charge on any atom is -0.308 e. The van der Waals surface area contributed by atoms with E-state index in [2.05, 4.69) is 67.6 Å². The lowest BCUT2D eigenvalue weighted by atomic mass is 9.82. The largest absolute Gasteiger partial charge is 0.308 e. The van der Waals surface area contributed by atoms with Crippen LogP contribution in [0, 0.1) is 5.41 Å². The summed E-state index contributed by atoms with van der Waals surface area (Å²) in [6.07, 6.45) is 3.06. The van der Waals surface area contributed by atoms with Gasteiger partial charge < -0.3 is 5.32 Å². The van der Waals surface area contributed by atoms with Crippen molar-refractivity contribution in [3.05, 3.63) is 29.3 Å². The SMILES string of the molecule is CC(C)(C)CC(C)(C)NCc1cn[nH]c1-c1cccs1. The van der Waals surface area contributed by atoms with Gasteiger partial charge in [0.2, 0.25) is 0 Å². The van der Waals surface area contributed by atoms with Crippen LogP contribution in [0.4, 0.5) is 0 Å². The molecule has 0 aromatic carbocycles. The van der Waals surface area contributed by atoms with Gasteiger partial charge in [-0.05, 0) is 37.1 Å². The van der Waals surface area contributed by atoms with E-state index in [1.165, 1.54) is 10.4 Å². The minimum absolute atomic E-state index is 0.113. The molecular formula is C16H25N3S. The molecule has 2 N–H and O–H groups in total. The molecule has 2 heterocycles. The molecule has 0 saturated heterocycles. The van der Waals surface area contributed by atoms with Gasteiger partial charge in [-0.25, -0.2) is 0 Å². The lowest BCUT2D eigenvalue weighted by Crippen LogP contribution is -2.41. The number of nitrogens with one attached hydrogen (secondary N) is 2. The fraction of sp³-hybridized carbons (Fsp3) is 0.562. The van der Waals surface area contributed by atoms with Crippen LogP contribution >= 0.6 is 11.3 Å². The summed E-state index contributed by atoms with van der Waals surface area (Å²) in [6.45, 7) is 12.2. The van der Waals surface area contributed by atoms with E-state index in [-0.39, 0.29) is 5.54 Å². The molecule has 20 heavy (non-hydrogen) atoms. The molecule has 0 atom stereocenters. The van der Waals surface area contributed by atoms with E-state index in [1.807, 2.05) is 6.20 Å². The molecule has 0 aliphatic rings. The average molecular weight is 291 g/mol. The molecule has 2 aromatic heterocycles. The molecule has 0 unspecified atom stereocenters. The van der Waals surface area contributed by atoms with Crippen molar-refractivity contribution in [3.8, 4) is 10.6 Å². The van der Waals surface area contributed by atoms with Crippen LogP contribution in [-0.4, -0.2) is 15.7 Å². The van der Waals surface area contributed by atoms with Gasteiger partial charge in [-0.3, -0.25) is 5.10 Å². The van der Waals surface area contributed by atoms with Gasteiger partial charge in [0.15, 0.2) is 0 Å². The summed E-state index contributed by atoms with van der Waals surface area (Å²) in [6, 6.07) is 4.20. The Balaban J connectivity index is 2.03. The Morgan fingerprint density at radius 3 is 2.60 bits per heavy atom. The second-order valence-electron chi connectivity index (χ2n) is 7.22. The zero-order valence-electron chi connectivity index (χ0n) is 13.1. The topological polar surface area (TPSA) is 40.7 Å². The number of rotatable bonds is 5. The highest BCUT2D eigenvalue weighted by molar-refractivity contribution is 7.13. The molecule has 110 valence electrons. The van der Waals surface area contributed by atoms with Crippen molar-refractivity contribution in [3.63, 3.8) is 0 Å². The summed E-state index contributed by atoms with van der Waals surface area (Å²) in [7, 11) is 0. The maximum absolute atomic E-state index is 4.20. The second kappa shape index (κ2) is 5.70. The normalized spacial score (nSPS) is 12.8. The highest BCUT2D eigenvalue weighted by Gasteiger charge is 2.25. The summed E-state index contributed by atoms with van der Waals surface area (Å²) in [4.78, 5) is 1.24. The van der Waals surface area contributed by atoms with E-state index in [1.54, 1.807) is 11.3 Å². The van der Waals surface area contributed by atoms with Crippen molar-refractivity contribution >= 4 is 11.3 Å². The first-order chi connectivity index (χ1) is 9.27. The second-order valence-corrected chi connectivity index (χ2v) is 8.17. The monoisotopic (exact) mass is 291 g/mol. The highest BCUT2D eigenvalue weighted by Crippen LogP contribution is 2.29. The summed E-state index contributed by atoms with van der Waals surface area (Å²) in [5.74, 6) is 0. The van der Waals surface area contributed by atoms with E-state index < -0.39 is 0 Å². The number of aromatic nitrogens is 2. The van der Waals surface area contributed by atoms with Crippen LogP contribution in [0.15, 0.2) is 23.7 Å². The van der Waals surface area contributed by atoms with E-state index in [0.717, 1.165) is 18.7 Å². The van der Waals surface area contributed by atoms with Crippen molar-refractivity contribution < 1.29 is 0 Å². The molecule has 2 rings (SSSR count). The van der Waals surface area contributed by atoms with Gasteiger partial charge in [-0.2, -0.15) is 5.10 Å². The van der Waals surface area contributed by atoms with Crippen LogP contribution in [0.25, 0.3) is 10.6 Å². The Bertz CT molecular complexity index is 532. The van der Waals surface area contributed by atoms with E-state index >= 15 is 0 Å². The Kier molecular flexibility index (Phi) is 4.35. The summed E-state index contributed by atoms with van der Waals surface area (Å²) in [5.41, 5.74) is 2.81. The van der Waals surface area contributed by atoms with Gasteiger partial charge in [-0.1, -0.05) is 26.8 Å². The van der Waals surface area contributed by atoms with E-state index in [4.69, 9.17) is 0 Å². The number of hydrogen-bond donors (Lipinski definition) is 2. The van der Waals surface area contributed by atoms with Crippen LogP contribution in [-0.2, 0) is 6.54 Å². The van der Waals surface area contributed by atoms with Gasteiger partial charge >= 0.3 is 0 Å². The van der Waals surface area contributed by atoms with Gasteiger partial charge in [0.1, 0.15) is 0 Å². The third-order valence-electron chi connectivity index (χ3n) is 3.22. The molecular weight excluding hydrogens is 266 g/mol. The van der Waals surface area contributed by atoms with Gasteiger partial charge in [0.05, 0.1) is 16.8 Å². The summed E-state index contributed by atoms with van der Waals surface area (Å²) >= 11 is 1.74. The number of thiophene rings is 1. The van der Waals surface area contributed by atoms with Crippen molar-refractivity contribution in [1.29, 1.82) is 0 Å². The first-order valence-corrected chi connectivity index (χ1v) is 7.96. The maximum atomic E-state index is 4.20. The standard InChI is InChI=1S/C16H25N3S/c1-15(2,3)11-16(4,5)17-9-12-10-18-19-14(12)13-7-6-8-20-13/h6-8,10,17H,9,11H2,1-5H3,(H,18,19). The fourth-order valence-electron chi connectivity index (χ4n) is 2.80. The lowest BCUT2D eigenvalue weighted by molar-refractivity contribution is 0.241. The number of aromatic amines is 1. The summed E-state index contributed by atoms with van der Waals surface area (Å²) < 4.78 is 0. The smallest absolute Gasteiger partial charge is 0.0794 e. The average Bonchev–Trinajstić information content (AvgIpc) is 2.94.